The Bertz CT molecular complexity index is 750. The van der Waals surface area contributed by atoms with Gasteiger partial charge in [-0.25, -0.2) is 4.98 Å². The molecule has 0 bridgehead atoms. The molecule has 0 amide bonds. The number of aromatic amines is 1. The van der Waals surface area contributed by atoms with Gasteiger partial charge in [-0.1, -0.05) is 20.8 Å². The van der Waals surface area contributed by atoms with Gasteiger partial charge in [-0.05, 0) is 23.4 Å². The zero-order chi connectivity index (χ0) is 15.0. The number of aromatic nitrogens is 6. The van der Waals surface area contributed by atoms with E-state index < -0.39 is 0 Å². The summed E-state index contributed by atoms with van der Waals surface area (Å²) in [6, 6.07) is 5.60. The van der Waals surface area contributed by atoms with E-state index in [1.54, 1.807) is 6.33 Å². The second kappa shape index (κ2) is 4.69. The van der Waals surface area contributed by atoms with Crippen LogP contribution in [0.15, 0.2) is 30.7 Å². The number of nitrogen functional groups attached to an aromatic ring is 1. The number of tetrazole rings is 1. The van der Waals surface area contributed by atoms with Crippen molar-refractivity contribution in [3.05, 3.63) is 36.4 Å². The van der Waals surface area contributed by atoms with Gasteiger partial charge < -0.3 is 10.3 Å². The van der Waals surface area contributed by atoms with Crippen LogP contribution in [0, 0.1) is 0 Å². The van der Waals surface area contributed by atoms with Gasteiger partial charge in [0.2, 0.25) is 5.82 Å². The van der Waals surface area contributed by atoms with E-state index >= 15 is 0 Å². The largest absolute Gasteiger partial charge is 0.399 e. The van der Waals surface area contributed by atoms with E-state index in [0.717, 1.165) is 16.9 Å². The molecule has 0 radical (unpaired) electrons. The molecule has 3 rings (SSSR count). The number of nitrogens with one attached hydrogen (secondary N) is 1. The van der Waals surface area contributed by atoms with Crippen LogP contribution in [0.5, 0.6) is 0 Å². The van der Waals surface area contributed by atoms with Crippen LogP contribution in [-0.4, -0.2) is 30.2 Å². The maximum absolute atomic E-state index is 5.88. The Labute approximate surface area is 122 Å². The van der Waals surface area contributed by atoms with Gasteiger partial charge in [-0.3, -0.25) is 0 Å². The third kappa shape index (κ3) is 2.49. The van der Waals surface area contributed by atoms with Gasteiger partial charge in [0, 0.05) is 22.9 Å². The maximum atomic E-state index is 5.88. The zero-order valence-corrected chi connectivity index (χ0v) is 12.2. The summed E-state index contributed by atoms with van der Waals surface area (Å²) < 4.78 is 1.95. The third-order valence-electron chi connectivity index (χ3n) is 3.24. The number of nitrogens with two attached hydrogens (primary N) is 1. The molecule has 2 heterocycles. The number of nitrogens with zero attached hydrogens (tertiary/aromatic N) is 5. The fourth-order valence-corrected chi connectivity index (χ4v) is 2.08. The fourth-order valence-electron chi connectivity index (χ4n) is 2.08. The first kappa shape index (κ1) is 13.3. The van der Waals surface area contributed by atoms with Crippen LogP contribution >= 0.6 is 0 Å². The molecule has 0 saturated carbocycles. The summed E-state index contributed by atoms with van der Waals surface area (Å²) in [6.45, 7) is 6.38. The van der Waals surface area contributed by atoms with E-state index in [9.17, 15) is 0 Å². The van der Waals surface area contributed by atoms with Crippen LogP contribution < -0.4 is 5.73 Å². The molecule has 7 heteroatoms. The maximum Gasteiger partial charge on any atom is 0.206 e. The highest BCUT2D eigenvalue weighted by molar-refractivity contribution is 5.71. The summed E-state index contributed by atoms with van der Waals surface area (Å²) in [6.07, 6.45) is 3.80. The SMILES string of the molecule is CC(C)(C)c1cn(-c2ccc(N)cc2-c2nn[nH]n2)cn1. The number of benzene rings is 1. The first-order chi connectivity index (χ1) is 9.95. The summed E-state index contributed by atoms with van der Waals surface area (Å²) in [5.74, 6) is 0.503. The van der Waals surface area contributed by atoms with Crippen LogP contribution in [0.1, 0.15) is 26.5 Å². The Hall–Kier alpha value is -2.70. The van der Waals surface area contributed by atoms with Crippen LogP contribution in [0.4, 0.5) is 5.69 Å². The number of imidazole rings is 1. The molecule has 0 atom stereocenters. The van der Waals surface area contributed by atoms with E-state index in [-0.39, 0.29) is 5.41 Å². The van der Waals surface area contributed by atoms with Gasteiger partial charge in [0.25, 0.3) is 0 Å². The molecule has 0 saturated heterocycles. The number of anilines is 1. The minimum absolute atomic E-state index is 0.00857. The first-order valence-corrected chi connectivity index (χ1v) is 6.63. The summed E-state index contributed by atoms with van der Waals surface area (Å²) >= 11 is 0. The average molecular weight is 283 g/mol. The summed E-state index contributed by atoms with van der Waals surface area (Å²) in [5, 5.41) is 14.1. The van der Waals surface area contributed by atoms with Gasteiger partial charge in [-0.15, -0.1) is 10.2 Å². The highest BCUT2D eigenvalue weighted by Crippen LogP contribution is 2.27. The molecule has 0 aliphatic rings. The second-order valence-corrected chi connectivity index (χ2v) is 5.93. The second-order valence-electron chi connectivity index (χ2n) is 5.93. The highest BCUT2D eigenvalue weighted by atomic mass is 15.5. The number of hydrogen-bond donors (Lipinski definition) is 2. The molecule has 7 nitrogen and oxygen atoms in total. The number of H-pyrrole nitrogens is 1. The van der Waals surface area contributed by atoms with E-state index in [1.807, 2.05) is 29.0 Å². The number of rotatable bonds is 2. The Kier molecular flexibility index (Phi) is 2.97. The van der Waals surface area contributed by atoms with Crippen molar-refractivity contribution in [3.63, 3.8) is 0 Å². The van der Waals surface area contributed by atoms with Crippen molar-refractivity contribution in [3.8, 4) is 17.1 Å². The van der Waals surface area contributed by atoms with Crippen LogP contribution in [0.2, 0.25) is 0 Å². The molecule has 0 fully saturated rings. The Morgan fingerprint density at radius 2 is 2.05 bits per heavy atom. The lowest BCUT2D eigenvalue weighted by molar-refractivity contribution is 0.572. The molecule has 2 aromatic heterocycles. The van der Waals surface area contributed by atoms with Crippen molar-refractivity contribution in [2.24, 2.45) is 0 Å². The molecule has 3 N–H and O–H groups in total. The normalized spacial score (nSPS) is 11.8. The monoisotopic (exact) mass is 283 g/mol. The molecule has 21 heavy (non-hydrogen) atoms. The van der Waals surface area contributed by atoms with Crippen molar-refractivity contribution in [1.29, 1.82) is 0 Å². The standard InChI is InChI=1S/C14H17N7/c1-14(2,3)12-7-21(8-16-12)11-5-4-9(15)6-10(11)13-17-19-20-18-13/h4-8H,15H2,1-3H3,(H,17,18,19,20). The van der Waals surface area contributed by atoms with E-state index in [1.165, 1.54) is 0 Å². The van der Waals surface area contributed by atoms with Gasteiger partial charge in [0.15, 0.2) is 0 Å². The highest BCUT2D eigenvalue weighted by Gasteiger charge is 2.18. The minimum atomic E-state index is -0.00857. The topological polar surface area (TPSA) is 98.3 Å². The Morgan fingerprint density at radius 3 is 2.67 bits per heavy atom. The molecule has 0 aliphatic heterocycles. The van der Waals surface area contributed by atoms with Crippen molar-refractivity contribution in [2.45, 2.75) is 26.2 Å². The van der Waals surface area contributed by atoms with E-state index in [4.69, 9.17) is 5.73 Å². The number of hydrogen-bond acceptors (Lipinski definition) is 5. The van der Waals surface area contributed by atoms with Crippen LogP contribution in [0.3, 0.4) is 0 Å². The smallest absolute Gasteiger partial charge is 0.206 e. The van der Waals surface area contributed by atoms with Gasteiger partial charge >= 0.3 is 0 Å². The van der Waals surface area contributed by atoms with Crippen molar-refractivity contribution in [2.75, 3.05) is 5.73 Å². The Morgan fingerprint density at radius 1 is 1.24 bits per heavy atom. The first-order valence-electron chi connectivity index (χ1n) is 6.63. The Balaban J connectivity index is 2.13. The molecule has 0 aliphatic carbocycles. The van der Waals surface area contributed by atoms with Crippen LogP contribution in [-0.2, 0) is 5.41 Å². The zero-order valence-electron chi connectivity index (χ0n) is 12.2. The lowest BCUT2D eigenvalue weighted by atomic mass is 9.93. The van der Waals surface area contributed by atoms with E-state index in [2.05, 4.69) is 46.4 Å². The van der Waals surface area contributed by atoms with Gasteiger partial charge in [-0.2, -0.15) is 5.21 Å². The molecule has 0 unspecified atom stereocenters. The lowest BCUT2D eigenvalue weighted by Gasteiger charge is -2.14. The van der Waals surface area contributed by atoms with Crippen molar-refractivity contribution in [1.82, 2.24) is 30.2 Å². The van der Waals surface area contributed by atoms with Crippen molar-refractivity contribution < 1.29 is 0 Å². The predicted molar refractivity (Wildman–Crippen MR) is 79.8 cm³/mol. The predicted octanol–water partition coefficient (Wildman–Crippen LogP) is 1.93. The quantitative estimate of drug-likeness (QED) is 0.700. The molecular formula is C14H17N7. The third-order valence-corrected chi connectivity index (χ3v) is 3.24. The molecule has 3 aromatic rings. The summed E-state index contributed by atoms with van der Waals surface area (Å²) in [4.78, 5) is 4.48. The van der Waals surface area contributed by atoms with Gasteiger partial charge in [0.1, 0.15) is 0 Å². The van der Waals surface area contributed by atoms with Gasteiger partial charge in [0.05, 0.1) is 17.7 Å². The molecule has 0 spiro atoms. The average Bonchev–Trinajstić information content (AvgIpc) is 3.09. The van der Waals surface area contributed by atoms with E-state index in [0.29, 0.717) is 11.5 Å². The summed E-state index contributed by atoms with van der Waals surface area (Å²) in [5.41, 5.74) is 9.24. The van der Waals surface area contributed by atoms with Crippen LogP contribution in [0.25, 0.3) is 17.1 Å². The van der Waals surface area contributed by atoms with Crippen molar-refractivity contribution >= 4 is 5.69 Å². The molecule has 108 valence electrons. The molecular weight excluding hydrogens is 266 g/mol. The fraction of sp³-hybridized carbons (Fsp3) is 0.286. The lowest BCUT2D eigenvalue weighted by Crippen LogP contribution is -2.11. The minimum Gasteiger partial charge on any atom is -0.399 e. The molecule has 1 aromatic carbocycles. The summed E-state index contributed by atoms with van der Waals surface area (Å²) in [7, 11) is 0.